The van der Waals surface area contributed by atoms with Gasteiger partial charge in [-0.25, -0.2) is 4.79 Å². The lowest BCUT2D eigenvalue weighted by Crippen LogP contribution is -2.52. The number of thiol groups is 1. The molecule has 0 bridgehead atoms. The third-order valence-electron chi connectivity index (χ3n) is 4.95. The third-order valence-corrected chi connectivity index (χ3v) is 5.31. The zero-order chi connectivity index (χ0) is 24.6. The highest BCUT2D eigenvalue weighted by atomic mass is 32.1. The summed E-state index contributed by atoms with van der Waals surface area (Å²) in [7, 11) is 1.55. The second kappa shape index (κ2) is 11.7. The van der Waals surface area contributed by atoms with Crippen molar-refractivity contribution in [1.29, 1.82) is 0 Å². The first-order valence-corrected chi connectivity index (χ1v) is 11.4. The molecule has 2 rings (SSSR count). The zero-order valence-electron chi connectivity index (χ0n) is 19.8. The fourth-order valence-electron chi connectivity index (χ4n) is 3.31. The molecule has 0 heterocycles. The lowest BCUT2D eigenvalue weighted by atomic mass is 9.98. The van der Waals surface area contributed by atoms with Gasteiger partial charge in [-0.3, -0.25) is 9.59 Å². The smallest absolute Gasteiger partial charge is 0.408 e. The van der Waals surface area contributed by atoms with E-state index in [1.807, 2.05) is 61.5 Å². The number of rotatable bonds is 8. The van der Waals surface area contributed by atoms with E-state index in [-0.39, 0.29) is 11.7 Å². The molecular formula is C25H33N3O4S. The molecule has 0 spiro atoms. The lowest BCUT2D eigenvalue weighted by Gasteiger charge is -2.32. The van der Waals surface area contributed by atoms with Crippen molar-refractivity contribution in [3.05, 3.63) is 71.3 Å². The van der Waals surface area contributed by atoms with Gasteiger partial charge in [0.2, 0.25) is 11.8 Å². The van der Waals surface area contributed by atoms with Gasteiger partial charge in [0.05, 0.1) is 0 Å². The molecule has 0 saturated heterocycles. The van der Waals surface area contributed by atoms with Crippen LogP contribution in [0.1, 0.15) is 43.5 Å². The van der Waals surface area contributed by atoms with Crippen LogP contribution in [0.3, 0.4) is 0 Å². The average molecular weight is 472 g/mol. The lowest BCUT2D eigenvalue weighted by molar-refractivity contribution is -0.140. The molecule has 2 N–H and O–H groups in total. The molecule has 0 aromatic heterocycles. The van der Waals surface area contributed by atoms with Crippen molar-refractivity contribution in [1.82, 2.24) is 15.5 Å². The van der Waals surface area contributed by atoms with Gasteiger partial charge in [0.15, 0.2) is 0 Å². The number of nitrogens with zero attached hydrogens (tertiary/aromatic N) is 1. The molecule has 2 atom stereocenters. The first kappa shape index (κ1) is 26.3. The van der Waals surface area contributed by atoms with Crippen LogP contribution in [0.25, 0.3) is 0 Å². The quantitative estimate of drug-likeness (QED) is 0.513. The molecule has 3 amide bonds. The van der Waals surface area contributed by atoms with E-state index >= 15 is 0 Å². The molecule has 0 radical (unpaired) electrons. The van der Waals surface area contributed by atoms with Gasteiger partial charge in [0.25, 0.3) is 0 Å². The van der Waals surface area contributed by atoms with E-state index in [1.54, 1.807) is 27.8 Å². The molecule has 0 aliphatic heterocycles. The second-order valence-electron chi connectivity index (χ2n) is 8.79. The van der Waals surface area contributed by atoms with E-state index < -0.39 is 29.7 Å². The molecule has 0 aliphatic carbocycles. The van der Waals surface area contributed by atoms with Gasteiger partial charge in [-0.05, 0) is 44.4 Å². The Morgan fingerprint density at radius 2 is 1.64 bits per heavy atom. The van der Waals surface area contributed by atoms with E-state index in [4.69, 9.17) is 4.74 Å². The number of hydrogen-bond acceptors (Lipinski definition) is 5. The number of aryl methyl sites for hydroxylation is 1. The Hall–Kier alpha value is -3.00. The Labute approximate surface area is 201 Å². The highest BCUT2D eigenvalue weighted by Crippen LogP contribution is 2.24. The number of hydrogen-bond donors (Lipinski definition) is 3. The topological polar surface area (TPSA) is 87.7 Å². The van der Waals surface area contributed by atoms with E-state index in [0.29, 0.717) is 12.1 Å². The number of alkyl carbamates (subject to hydrolysis) is 1. The summed E-state index contributed by atoms with van der Waals surface area (Å²) in [4.78, 5) is 40.2. The normalized spacial score (nSPS) is 12.9. The Balaban J connectivity index is 2.25. The molecule has 2 aromatic rings. The standard InChI is InChI=1S/C25H33N3O4S/c1-17-11-9-10-14-19(17)21(22(29)26-15-18-12-7-6-8-13-18)28(5)23(30)20(16-33)27-24(31)32-25(2,3)4/h6-14,20-21,33H,15-16H2,1-5H3,(H,26,29)(H,27,31). The van der Waals surface area contributed by atoms with Gasteiger partial charge in [0, 0.05) is 19.3 Å². The summed E-state index contributed by atoms with van der Waals surface area (Å²) in [5.41, 5.74) is 1.82. The summed E-state index contributed by atoms with van der Waals surface area (Å²) < 4.78 is 5.27. The molecule has 8 heteroatoms. The minimum Gasteiger partial charge on any atom is -0.444 e. The van der Waals surface area contributed by atoms with Crippen LogP contribution in [0.5, 0.6) is 0 Å². The Morgan fingerprint density at radius 3 is 2.21 bits per heavy atom. The Bertz CT molecular complexity index is 960. The van der Waals surface area contributed by atoms with Crippen molar-refractivity contribution < 1.29 is 19.1 Å². The molecule has 2 unspecified atom stereocenters. The summed E-state index contributed by atoms with van der Waals surface area (Å²) in [5, 5.41) is 5.49. The van der Waals surface area contributed by atoms with Crippen LogP contribution in [-0.2, 0) is 20.9 Å². The van der Waals surface area contributed by atoms with Gasteiger partial charge in [-0.1, -0.05) is 54.6 Å². The van der Waals surface area contributed by atoms with Crippen molar-refractivity contribution in [3.8, 4) is 0 Å². The van der Waals surface area contributed by atoms with E-state index in [0.717, 1.165) is 11.1 Å². The molecule has 0 aliphatic rings. The maximum Gasteiger partial charge on any atom is 0.408 e. The summed E-state index contributed by atoms with van der Waals surface area (Å²) in [6, 6.07) is 15.1. The molecular weight excluding hydrogens is 438 g/mol. The van der Waals surface area contributed by atoms with E-state index in [1.165, 1.54) is 4.90 Å². The number of carbonyl (C=O) groups excluding carboxylic acids is 3. The van der Waals surface area contributed by atoms with Crippen LogP contribution in [-0.4, -0.2) is 47.3 Å². The highest BCUT2D eigenvalue weighted by molar-refractivity contribution is 7.80. The number of benzene rings is 2. The zero-order valence-corrected chi connectivity index (χ0v) is 20.7. The van der Waals surface area contributed by atoms with Crippen molar-refractivity contribution in [2.75, 3.05) is 12.8 Å². The van der Waals surface area contributed by atoms with Crippen molar-refractivity contribution >= 4 is 30.5 Å². The number of carbonyl (C=O) groups is 3. The highest BCUT2D eigenvalue weighted by Gasteiger charge is 2.34. The first-order valence-electron chi connectivity index (χ1n) is 10.8. The van der Waals surface area contributed by atoms with Crippen LogP contribution in [0, 0.1) is 6.92 Å². The maximum atomic E-state index is 13.3. The third kappa shape index (κ3) is 7.82. The fraction of sp³-hybridized carbons (Fsp3) is 0.400. The largest absolute Gasteiger partial charge is 0.444 e. The van der Waals surface area contributed by atoms with Crippen LogP contribution in [0.15, 0.2) is 54.6 Å². The molecule has 33 heavy (non-hydrogen) atoms. The molecule has 7 nitrogen and oxygen atoms in total. The van der Waals surface area contributed by atoms with E-state index in [2.05, 4.69) is 23.3 Å². The second-order valence-corrected chi connectivity index (χ2v) is 9.16. The number of likely N-dealkylation sites (N-methyl/N-ethyl adjacent to an activating group) is 1. The van der Waals surface area contributed by atoms with Crippen LogP contribution >= 0.6 is 12.6 Å². The predicted octanol–water partition coefficient (Wildman–Crippen LogP) is 3.63. The van der Waals surface area contributed by atoms with E-state index in [9.17, 15) is 14.4 Å². The van der Waals surface area contributed by atoms with Gasteiger partial charge in [-0.2, -0.15) is 12.6 Å². The predicted molar refractivity (Wildman–Crippen MR) is 132 cm³/mol. The van der Waals surface area contributed by atoms with Gasteiger partial charge >= 0.3 is 6.09 Å². The Kier molecular flexibility index (Phi) is 9.34. The van der Waals surface area contributed by atoms with Crippen molar-refractivity contribution in [3.63, 3.8) is 0 Å². The molecule has 0 saturated carbocycles. The summed E-state index contributed by atoms with van der Waals surface area (Å²) in [6.45, 7) is 7.43. The minimum absolute atomic E-state index is 0.0501. The first-order chi connectivity index (χ1) is 15.5. The van der Waals surface area contributed by atoms with Gasteiger partial charge in [0.1, 0.15) is 17.7 Å². The van der Waals surface area contributed by atoms with Crippen LogP contribution in [0.2, 0.25) is 0 Å². The summed E-state index contributed by atoms with van der Waals surface area (Å²) in [5.74, 6) is -0.715. The van der Waals surface area contributed by atoms with Gasteiger partial charge < -0.3 is 20.3 Å². The number of nitrogens with one attached hydrogen (secondary N) is 2. The average Bonchev–Trinajstić information content (AvgIpc) is 2.76. The van der Waals surface area contributed by atoms with Crippen LogP contribution in [0.4, 0.5) is 4.79 Å². The molecule has 0 fully saturated rings. The minimum atomic E-state index is -0.957. The number of ether oxygens (including phenoxy) is 1. The summed E-state index contributed by atoms with van der Waals surface area (Å²) >= 11 is 4.23. The van der Waals surface area contributed by atoms with Crippen LogP contribution < -0.4 is 10.6 Å². The fourth-order valence-corrected chi connectivity index (χ4v) is 3.56. The monoisotopic (exact) mass is 471 g/mol. The molecule has 2 aromatic carbocycles. The SMILES string of the molecule is Cc1ccccc1C(C(=O)NCc1ccccc1)N(C)C(=O)C(CS)NC(=O)OC(C)(C)C. The number of amides is 3. The van der Waals surface area contributed by atoms with Gasteiger partial charge in [-0.15, -0.1) is 0 Å². The van der Waals surface area contributed by atoms with Crippen molar-refractivity contribution in [2.45, 2.75) is 51.9 Å². The Morgan fingerprint density at radius 1 is 1.03 bits per heavy atom. The van der Waals surface area contributed by atoms with Crippen molar-refractivity contribution in [2.24, 2.45) is 0 Å². The summed E-state index contributed by atoms with van der Waals surface area (Å²) in [6.07, 6.45) is -0.718. The maximum absolute atomic E-state index is 13.3. The molecule has 178 valence electrons.